The number of hydrogen-bond donors (Lipinski definition) is 1. The maximum atomic E-state index is 12.1. The van der Waals surface area contributed by atoms with Crippen molar-refractivity contribution in [3.63, 3.8) is 0 Å². The van der Waals surface area contributed by atoms with E-state index in [4.69, 9.17) is 4.74 Å². The predicted octanol–water partition coefficient (Wildman–Crippen LogP) is 3.03. The van der Waals surface area contributed by atoms with Crippen LogP contribution in [0.3, 0.4) is 0 Å². The Morgan fingerprint density at radius 1 is 1.14 bits per heavy atom. The van der Waals surface area contributed by atoms with Crippen LogP contribution in [-0.2, 0) is 6.73 Å². The lowest BCUT2D eigenvalue weighted by atomic mass is 10.0. The molecule has 0 radical (unpaired) electrons. The minimum Gasteiger partial charge on any atom is -0.508 e. The highest BCUT2D eigenvalue weighted by atomic mass is 16.5. The summed E-state index contributed by atoms with van der Waals surface area (Å²) < 4.78 is 7.42. The molecule has 1 aromatic heterocycles. The number of aromatic hydroxyl groups is 1. The van der Waals surface area contributed by atoms with Gasteiger partial charge in [-0.3, -0.25) is 9.36 Å². The highest BCUT2D eigenvalue weighted by Crippen LogP contribution is 2.40. The van der Waals surface area contributed by atoms with Crippen LogP contribution < -0.4 is 10.3 Å². The fourth-order valence-corrected chi connectivity index (χ4v) is 2.88. The van der Waals surface area contributed by atoms with Gasteiger partial charge >= 0.3 is 0 Å². The molecule has 0 atom stereocenters. The van der Waals surface area contributed by atoms with Gasteiger partial charge in [0.05, 0.1) is 5.52 Å². The molecule has 104 valence electrons. The number of benzene rings is 2. The van der Waals surface area contributed by atoms with Crippen LogP contribution in [0.5, 0.6) is 11.5 Å². The Morgan fingerprint density at radius 3 is 2.67 bits per heavy atom. The van der Waals surface area contributed by atoms with Gasteiger partial charge in [-0.2, -0.15) is 0 Å². The molecule has 0 saturated heterocycles. The molecule has 1 aliphatic heterocycles. The van der Waals surface area contributed by atoms with Gasteiger partial charge in [0.1, 0.15) is 5.75 Å². The molecular formula is C17H13NO3. The molecule has 4 rings (SSSR count). The van der Waals surface area contributed by atoms with Crippen molar-refractivity contribution in [3.05, 3.63) is 58.4 Å². The first-order valence-electron chi connectivity index (χ1n) is 6.74. The Bertz CT molecular complexity index is 923. The number of rotatable bonds is 1. The van der Waals surface area contributed by atoms with Crippen molar-refractivity contribution in [1.82, 2.24) is 4.57 Å². The molecule has 3 aromatic rings. The van der Waals surface area contributed by atoms with E-state index in [1.165, 1.54) is 0 Å². The molecule has 0 aliphatic carbocycles. The fraction of sp³-hybridized carbons (Fsp3) is 0.118. The third-order valence-corrected chi connectivity index (χ3v) is 3.95. The van der Waals surface area contributed by atoms with Gasteiger partial charge in [0.15, 0.2) is 12.5 Å². The third-order valence-electron chi connectivity index (χ3n) is 3.95. The van der Waals surface area contributed by atoms with Crippen LogP contribution in [0, 0.1) is 6.92 Å². The van der Waals surface area contributed by atoms with Gasteiger partial charge in [0, 0.05) is 17.0 Å². The zero-order chi connectivity index (χ0) is 14.6. The van der Waals surface area contributed by atoms with E-state index in [1.807, 2.05) is 31.2 Å². The molecule has 1 aliphatic rings. The number of ether oxygens (including phenoxy) is 1. The molecule has 2 aromatic carbocycles. The van der Waals surface area contributed by atoms with E-state index in [9.17, 15) is 9.90 Å². The standard InChI is InChI=1S/C17H13NO3/c1-10-8-15(20)18-9-21-17-14(7-6-13(10)16(17)18)11-2-4-12(19)5-3-11/h2-8,19H,9H2,1H3. The van der Waals surface area contributed by atoms with Crippen molar-refractivity contribution in [2.75, 3.05) is 0 Å². The third kappa shape index (κ3) is 1.65. The van der Waals surface area contributed by atoms with E-state index < -0.39 is 0 Å². The van der Waals surface area contributed by atoms with Gasteiger partial charge in [0.2, 0.25) is 0 Å². The predicted molar refractivity (Wildman–Crippen MR) is 80.7 cm³/mol. The molecule has 0 bridgehead atoms. The van der Waals surface area contributed by atoms with Crippen LogP contribution in [0.25, 0.3) is 22.0 Å². The summed E-state index contributed by atoms with van der Waals surface area (Å²) >= 11 is 0. The quantitative estimate of drug-likeness (QED) is 0.745. The van der Waals surface area contributed by atoms with Crippen LogP contribution in [0.4, 0.5) is 0 Å². The SMILES string of the molecule is Cc1cc(=O)n2c3c(c(-c4ccc(O)cc4)ccc13)OC2. The lowest BCUT2D eigenvalue weighted by Crippen LogP contribution is -2.18. The Balaban J connectivity index is 2.07. The Kier molecular flexibility index (Phi) is 2.36. The van der Waals surface area contributed by atoms with Crippen molar-refractivity contribution in [1.29, 1.82) is 0 Å². The molecule has 0 spiro atoms. The molecule has 0 amide bonds. The van der Waals surface area contributed by atoms with E-state index in [0.29, 0.717) is 0 Å². The number of phenolic OH excluding ortho intramolecular Hbond substituents is 1. The zero-order valence-corrected chi connectivity index (χ0v) is 11.5. The van der Waals surface area contributed by atoms with Gasteiger partial charge in [-0.05, 0) is 36.2 Å². The van der Waals surface area contributed by atoms with Crippen molar-refractivity contribution >= 4 is 10.9 Å². The highest BCUT2D eigenvalue weighted by molar-refractivity contribution is 5.95. The average Bonchev–Trinajstić information content (AvgIpc) is 2.91. The summed E-state index contributed by atoms with van der Waals surface area (Å²) in [6.45, 7) is 2.18. The molecule has 2 heterocycles. The second-order valence-electron chi connectivity index (χ2n) is 5.25. The van der Waals surface area contributed by atoms with E-state index >= 15 is 0 Å². The zero-order valence-electron chi connectivity index (χ0n) is 11.5. The van der Waals surface area contributed by atoms with E-state index in [2.05, 4.69) is 0 Å². The van der Waals surface area contributed by atoms with Crippen LogP contribution in [-0.4, -0.2) is 9.67 Å². The van der Waals surface area contributed by atoms with Crippen molar-refractivity contribution in [2.45, 2.75) is 13.7 Å². The van der Waals surface area contributed by atoms with Crippen molar-refractivity contribution in [3.8, 4) is 22.6 Å². The van der Waals surface area contributed by atoms with Crippen molar-refractivity contribution in [2.24, 2.45) is 0 Å². The van der Waals surface area contributed by atoms with Gasteiger partial charge < -0.3 is 9.84 Å². The minimum atomic E-state index is -0.0402. The van der Waals surface area contributed by atoms with Gasteiger partial charge in [-0.1, -0.05) is 18.2 Å². The van der Waals surface area contributed by atoms with Gasteiger partial charge in [-0.15, -0.1) is 0 Å². The number of nitrogens with zero attached hydrogens (tertiary/aromatic N) is 1. The van der Waals surface area contributed by atoms with Crippen LogP contribution >= 0.6 is 0 Å². The molecule has 1 N–H and O–H groups in total. The van der Waals surface area contributed by atoms with E-state index in [-0.39, 0.29) is 18.0 Å². The first kappa shape index (κ1) is 12.0. The van der Waals surface area contributed by atoms with E-state index in [0.717, 1.165) is 33.3 Å². The van der Waals surface area contributed by atoms with Gasteiger partial charge in [0.25, 0.3) is 5.56 Å². The summed E-state index contributed by atoms with van der Waals surface area (Å²) in [7, 11) is 0. The monoisotopic (exact) mass is 279 g/mol. The number of aromatic nitrogens is 1. The number of aryl methyl sites for hydroxylation is 1. The summed E-state index contributed by atoms with van der Waals surface area (Å²) in [5.74, 6) is 0.962. The molecule has 4 nitrogen and oxygen atoms in total. The molecule has 21 heavy (non-hydrogen) atoms. The molecule has 4 heteroatoms. The molecule has 0 fully saturated rings. The lowest BCUT2D eigenvalue weighted by Gasteiger charge is -2.09. The second-order valence-corrected chi connectivity index (χ2v) is 5.25. The summed E-state index contributed by atoms with van der Waals surface area (Å²) in [5.41, 5.74) is 3.65. The van der Waals surface area contributed by atoms with Gasteiger partial charge in [-0.25, -0.2) is 0 Å². The number of phenols is 1. The van der Waals surface area contributed by atoms with Crippen LogP contribution in [0.2, 0.25) is 0 Å². The summed E-state index contributed by atoms with van der Waals surface area (Å²) in [5, 5.41) is 10.4. The largest absolute Gasteiger partial charge is 0.508 e. The lowest BCUT2D eigenvalue weighted by molar-refractivity contribution is 0.267. The summed E-state index contributed by atoms with van der Waals surface area (Å²) in [6.07, 6.45) is 0. The topological polar surface area (TPSA) is 51.5 Å². The second kappa shape index (κ2) is 4.12. The maximum Gasteiger partial charge on any atom is 0.254 e. The number of pyridine rings is 1. The normalized spacial score (nSPS) is 12.6. The maximum absolute atomic E-state index is 12.1. The first-order valence-corrected chi connectivity index (χ1v) is 6.74. The Morgan fingerprint density at radius 2 is 1.90 bits per heavy atom. The molecule has 0 unspecified atom stereocenters. The smallest absolute Gasteiger partial charge is 0.254 e. The molecule has 0 saturated carbocycles. The Hall–Kier alpha value is -2.75. The first-order chi connectivity index (χ1) is 10.1. The van der Waals surface area contributed by atoms with Crippen LogP contribution in [0.15, 0.2) is 47.3 Å². The van der Waals surface area contributed by atoms with Crippen molar-refractivity contribution < 1.29 is 9.84 Å². The summed E-state index contributed by atoms with van der Waals surface area (Å²) in [4.78, 5) is 12.1. The minimum absolute atomic E-state index is 0.0402. The number of hydrogen-bond acceptors (Lipinski definition) is 3. The molecular weight excluding hydrogens is 266 g/mol. The Labute approximate surface area is 120 Å². The van der Waals surface area contributed by atoms with E-state index in [1.54, 1.807) is 22.8 Å². The highest BCUT2D eigenvalue weighted by Gasteiger charge is 2.21. The average molecular weight is 279 g/mol. The summed E-state index contributed by atoms with van der Waals surface area (Å²) in [6, 6.07) is 12.6. The van der Waals surface area contributed by atoms with Crippen LogP contribution in [0.1, 0.15) is 5.56 Å². The fourth-order valence-electron chi connectivity index (χ4n) is 2.88.